The number of fused-ring (bicyclic) bond motifs is 2. The Morgan fingerprint density at radius 1 is 1.30 bits per heavy atom. The van der Waals surface area contributed by atoms with Crippen molar-refractivity contribution in [3.05, 3.63) is 53.3 Å². The zero-order chi connectivity index (χ0) is 28.8. The van der Waals surface area contributed by atoms with Gasteiger partial charge in [-0.2, -0.15) is 0 Å². The standard InChI is InChI=1S/C29H34ClF2N5O3/c1-5-22(38)35-12-13-36-19(15-35)17-40-26-23(28(36)39)27(33-25(24(26)30)20-8-6-7-9-21(20)32)37-16-18(14-29(37,2)3)34(4)11-10-31/h5-9,18-19H,1,10-17H2,2-4H3/t18-,19-/m1/s1. The fourth-order valence-electron chi connectivity index (χ4n) is 6.00. The first kappa shape index (κ1) is 28.3. The van der Waals surface area contributed by atoms with Crippen LogP contribution in [0.5, 0.6) is 5.75 Å². The van der Waals surface area contributed by atoms with Gasteiger partial charge in [0.2, 0.25) is 5.91 Å². The summed E-state index contributed by atoms with van der Waals surface area (Å²) in [6, 6.07) is 5.80. The van der Waals surface area contributed by atoms with Crippen LogP contribution in [0.3, 0.4) is 0 Å². The Kier molecular flexibility index (Phi) is 7.76. The van der Waals surface area contributed by atoms with Gasteiger partial charge < -0.3 is 19.4 Å². The number of benzene rings is 1. The van der Waals surface area contributed by atoms with Crippen LogP contribution in [-0.4, -0.2) is 102 Å². The van der Waals surface area contributed by atoms with E-state index in [1.54, 1.807) is 28.0 Å². The summed E-state index contributed by atoms with van der Waals surface area (Å²) in [6.45, 7) is 9.04. The first-order valence-corrected chi connectivity index (χ1v) is 13.8. The van der Waals surface area contributed by atoms with E-state index in [1.165, 1.54) is 12.1 Å². The fourth-order valence-corrected chi connectivity index (χ4v) is 6.29. The first-order chi connectivity index (χ1) is 19.1. The SMILES string of the molecule is C=CC(=O)N1CCN2C(=O)c3c(N4C[C@H](N(C)CCF)CC4(C)C)nc(-c4ccccc4F)c(Cl)c3OC[C@H]2C1. The lowest BCUT2D eigenvalue weighted by Crippen LogP contribution is -2.57. The maximum Gasteiger partial charge on any atom is 0.261 e. The Labute approximate surface area is 238 Å². The lowest BCUT2D eigenvalue weighted by Gasteiger charge is -2.40. The van der Waals surface area contributed by atoms with Crippen molar-refractivity contribution in [3.63, 3.8) is 0 Å². The first-order valence-electron chi connectivity index (χ1n) is 13.4. The minimum atomic E-state index is -0.500. The molecule has 5 rings (SSSR count). The molecule has 8 nitrogen and oxygen atoms in total. The number of aromatic nitrogens is 1. The summed E-state index contributed by atoms with van der Waals surface area (Å²) >= 11 is 6.87. The third-order valence-electron chi connectivity index (χ3n) is 8.24. The van der Waals surface area contributed by atoms with Crippen molar-refractivity contribution in [2.24, 2.45) is 0 Å². The molecule has 3 aliphatic heterocycles. The molecule has 0 saturated carbocycles. The Morgan fingerprint density at radius 3 is 2.75 bits per heavy atom. The van der Waals surface area contributed by atoms with Gasteiger partial charge in [-0.3, -0.25) is 14.5 Å². The van der Waals surface area contributed by atoms with Crippen LogP contribution < -0.4 is 9.64 Å². The highest BCUT2D eigenvalue weighted by Crippen LogP contribution is 2.47. The number of likely N-dealkylation sites (N-methyl/N-ethyl adjacent to an activating group) is 1. The van der Waals surface area contributed by atoms with Gasteiger partial charge in [0.25, 0.3) is 5.91 Å². The van der Waals surface area contributed by atoms with Crippen molar-refractivity contribution >= 4 is 29.2 Å². The minimum Gasteiger partial charge on any atom is -0.489 e. The predicted octanol–water partition coefficient (Wildman–Crippen LogP) is 4.03. The van der Waals surface area contributed by atoms with Gasteiger partial charge in [-0.05, 0) is 45.5 Å². The van der Waals surface area contributed by atoms with E-state index in [2.05, 4.69) is 6.58 Å². The number of amides is 2. The molecule has 1 aromatic carbocycles. The van der Waals surface area contributed by atoms with Crippen LogP contribution in [-0.2, 0) is 4.79 Å². The number of alkyl halides is 1. The highest BCUT2D eigenvalue weighted by atomic mass is 35.5. The average Bonchev–Trinajstić information content (AvgIpc) is 3.18. The smallest absolute Gasteiger partial charge is 0.261 e. The molecule has 2 fully saturated rings. The molecule has 2 aromatic rings. The maximum absolute atomic E-state index is 15.0. The van der Waals surface area contributed by atoms with Crippen molar-refractivity contribution in [1.29, 1.82) is 0 Å². The molecule has 40 heavy (non-hydrogen) atoms. The summed E-state index contributed by atoms with van der Waals surface area (Å²) in [5, 5.41) is 0.0548. The van der Waals surface area contributed by atoms with Crippen LogP contribution >= 0.6 is 11.6 Å². The van der Waals surface area contributed by atoms with E-state index >= 15 is 4.39 Å². The Balaban J connectivity index is 1.65. The van der Waals surface area contributed by atoms with Crippen LogP contribution in [0.1, 0.15) is 30.6 Å². The zero-order valence-electron chi connectivity index (χ0n) is 23.0. The molecule has 4 heterocycles. The van der Waals surface area contributed by atoms with Gasteiger partial charge in [0, 0.05) is 49.9 Å². The van der Waals surface area contributed by atoms with Crippen molar-refractivity contribution in [2.45, 2.75) is 37.9 Å². The number of nitrogens with zero attached hydrogens (tertiary/aromatic N) is 5. The lowest BCUT2D eigenvalue weighted by molar-refractivity contribution is -0.128. The molecule has 214 valence electrons. The van der Waals surface area contributed by atoms with Gasteiger partial charge in [-0.25, -0.2) is 13.8 Å². The van der Waals surface area contributed by atoms with Crippen molar-refractivity contribution < 1.29 is 23.1 Å². The number of hydrogen-bond donors (Lipinski definition) is 0. The third kappa shape index (κ3) is 4.92. The molecule has 0 bridgehead atoms. The summed E-state index contributed by atoms with van der Waals surface area (Å²) in [5.41, 5.74) is 0.136. The van der Waals surface area contributed by atoms with Crippen molar-refractivity contribution in [1.82, 2.24) is 19.7 Å². The number of rotatable bonds is 6. The molecule has 0 spiro atoms. The quantitative estimate of drug-likeness (QED) is 0.486. The summed E-state index contributed by atoms with van der Waals surface area (Å²) < 4.78 is 34.5. The number of piperazine rings is 1. The number of anilines is 1. The second-order valence-electron chi connectivity index (χ2n) is 11.2. The molecule has 0 unspecified atom stereocenters. The lowest BCUT2D eigenvalue weighted by atomic mass is 9.98. The fraction of sp³-hybridized carbons (Fsp3) is 0.483. The number of halogens is 3. The van der Waals surface area contributed by atoms with Crippen molar-refractivity contribution in [3.8, 4) is 17.0 Å². The van der Waals surface area contributed by atoms with Gasteiger partial charge in [-0.15, -0.1) is 0 Å². The summed E-state index contributed by atoms with van der Waals surface area (Å²) in [6.07, 6.45) is 1.97. The highest BCUT2D eigenvalue weighted by Gasteiger charge is 2.46. The Morgan fingerprint density at radius 2 is 2.05 bits per heavy atom. The van der Waals surface area contributed by atoms with E-state index < -0.39 is 24.1 Å². The van der Waals surface area contributed by atoms with Crippen LogP contribution in [0.2, 0.25) is 5.02 Å². The van der Waals surface area contributed by atoms with Gasteiger partial charge >= 0.3 is 0 Å². The number of carbonyl (C=O) groups excluding carboxylic acids is 2. The van der Waals surface area contributed by atoms with Crippen molar-refractivity contribution in [2.75, 3.05) is 58.0 Å². The van der Waals surface area contributed by atoms with E-state index in [4.69, 9.17) is 21.3 Å². The number of carbonyl (C=O) groups is 2. The second kappa shape index (κ2) is 11.0. The third-order valence-corrected chi connectivity index (χ3v) is 8.59. The largest absolute Gasteiger partial charge is 0.489 e. The van der Waals surface area contributed by atoms with E-state index in [0.29, 0.717) is 38.4 Å². The second-order valence-corrected chi connectivity index (χ2v) is 11.6. The Bertz CT molecular complexity index is 1340. The molecule has 0 N–H and O–H groups in total. The van der Waals surface area contributed by atoms with Gasteiger partial charge in [0.1, 0.15) is 35.5 Å². The summed E-state index contributed by atoms with van der Waals surface area (Å²) in [4.78, 5) is 38.8. The summed E-state index contributed by atoms with van der Waals surface area (Å²) in [7, 11) is 1.88. The molecule has 11 heteroatoms. The average molecular weight is 574 g/mol. The van der Waals surface area contributed by atoms with E-state index in [1.807, 2.05) is 30.7 Å². The van der Waals surface area contributed by atoms with Gasteiger partial charge in [-0.1, -0.05) is 30.3 Å². The zero-order valence-corrected chi connectivity index (χ0v) is 23.8. The number of ether oxygens (including phenoxy) is 1. The number of hydrogen-bond acceptors (Lipinski definition) is 6. The van der Waals surface area contributed by atoms with Gasteiger partial charge in [0.15, 0.2) is 5.75 Å². The van der Waals surface area contributed by atoms with Crippen LogP contribution in [0.25, 0.3) is 11.3 Å². The molecule has 2 atom stereocenters. The molecule has 2 saturated heterocycles. The van der Waals surface area contributed by atoms with Crippen LogP contribution in [0.4, 0.5) is 14.6 Å². The highest BCUT2D eigenvalue weighted by molar-refractivity contribution is 6.35. The molecular weight excluding hydrogens is 540 g/mol. The normalized spacial score (nSPS) is 22.1. The molecule has 0 aliphatic carbocycles. The minimum absolute atomic E-state index is 0.0128. The molecular formula is C29H34ClF2N5O3. The maximum atomic E-state index is 15.0. The predicted molar refractivity (Wildman–Crippen MR) is 150 cm³/mol. The summed E-state index contributed by atoms with van der Waals surface area (Å²) in [5.74, 6) is -0.501. The van der Waals surface area contributed by atoms with E-state index in [0.717, 1.165) is 0 Å². The molecule has 3 aliphatic rings. The van der Waals surface area contributed by atoms with Crippen LogP contribution in [0, 0.1) is 5.82 Å². The topological polar surface area (TPSA) is 69.2 Å². The molecule has 1 aromatic heterocycles. The van der Waals surface area contributed by atoms with Gasteiger partial charge in [0.05, 0.1) is 11.7 Å². The number of pyridine rings is 1. The monoisotopic (exact) mass is 573 g/mol. The van der Waals surface area contributed by atoms with Crippen LogP contribution in [0.15, 0.2) is 36.9 Å². The van der Waals surface area contributed by atoms with E-state index in [9.17, 15) is 14.0 Å². The molecule has 2 amide bonds. The Hall–Kier alpha value is -3.24. The van der Waals surface area contributed by atoms with E-state index in [-0.39, 0.29) is 58.6 Å². The molecule has 0 radical (unpaired) electrons.